The highest BCUT2D eigenvalue weighted by molar-refractivity contribution is 5.99. The third kappa shape index (κ3) is 4.35. The lowest BCUT2D eigenvalue weighted by Crippen LogP contribution is -2.30. The molecule has 0 spiro atoms. The van der Waals surface area contributed by atoms with Crippen LogP contribution >= 0.6 is 0 Å². The van der Waals surface area contributed by atoms with E-state index in [0.717, 1.165) is 31.7 Å². The Balaban J connectivity index is 1.38. The molecule has 31 heavy (non-hydrogen) atoms. The summed E-state index contributed by atoms with van der Waals surface area (Å²) < 4.78 is 29.3. The van der Waals surface area contributed by atoms with E-state index in [-0.39, 0.29) is 23.8 Å². The highest BCUT2D eigenvalue weighted by atomic mass is 19.2. The van der Waals surface area contributed by atoms with Gasteiger partial charge in [0.25, 0.3) is 5.91 Å². The van der Waals surface area contributed by atoms with Crippen LogP contribution in [0.5, 0.6) is 0 Å². The van der Waals surface area contributed by atoms with Gasteiger partial charge in [-0.1, -0.05) is 38.5 Å². The quantitative estimate of drug-likeness (QED) is 0.731. The fourth-order valence-corrected chi connectivity index (χ4v) is 4.85. The van der Waals surface area contributed by atoms with Crippen LogP contribution in [0.25, 0.3) is 0 Å². The molecular weight excluding hydrogens is 400 g/mol. The van der Waals surface area contributed by atoms with Crippen LogP contribution in [-0.4, -0.2) is 33.7 Å². The van der Waals surface area contributed by atoms with Gasteiger partial charge >= 0.3 is 0 Å². The number of hydrogen-bond donors (Lipinski definition) is 2. The fourth-order valence-electron chi connectivity index (χ4n) is 4.85. The van der Waals surface area contributed by atoms with Crippen molar-refractivity contribution in [3.63, 3.8) is 0 Å². The summed E-state index contributed by atoms with van der Waals surface area (Å²) in [4.78, 5) is 14.9. The monoisotopic (exact) mass is 429 g/mol. The van der Waals surface area contributed by atoms with E-state index in [1.54, 1.807) is 10.7 Å². The highest BCUT2D eigenvalue weighted by Gasteiger charge is 2.33. The molecule has 0 unspecified atom stereocenters. The number of nitrogens with two attached hydrogens (primary N) is 1. The van der Waals surface area contributed by atoms with Crippen LogP contribution in [0.4, 0.5) is 14.6 Å². The first-order valence-corrected chi connectivity index (χ1v) is 10.8. The first kappa shape index (κ1) is 21.5. The maximum atomic E-state index is 14.0. The van der Waals surface area contributed by atoms with E-state index in [9.17, 15) is 13.6 Å². The van der Waals surface area contributed by atoms with Crippen molar-refractivity contribution < 1.29 is 13.6 Å². The second-order valence-corrected chi connectivity index (χ2v) is 8.80. The average Bonchev–Trinajstić information content (AvgIpc) is 3.45. The van der Waals surface area contributed by atoms with Crippen molar-refractivity contribution >= 4 is 11.7 Å². The largest absolute Gasteiger partial charge is 0.383 e. The summed E-state index contributed by atoms with van der Waals surface area (Å²) in [6.07, 6.45) is 5.88. The number of carbonyl (C=O) groups excluding carboxylic acids is 1. The third-order valence-electron chi connectivity index (χ3n) is 6.58. The van der Waals surface area contributed by atoms with Gasteiger partial charge in [-0.2, -0.15) is 5.10 Å². The highest BCUT2D eigenvalue weighted by Crippen LogP contribution is 2.32. The lowest BCUT2D eigenvalue weighted by Gasteiger charge is -2.19. The van der Waals surface area contributed by atoms with Gasteiger partial charge in [0.2, 0.25) is 0 Å². The number of amides is 1. The zero-order chi connectivity index (χ0) is 22.1. The zero-order valence-electron chi connectivity index (χ0n) is 17.8. The Kier molecular flexibility index (Phi) is 6.09. The van der Waals surface area contributed by atoms with Gasteiger partial charge < -0.3 is 11.1 Å². The van der Waals surface area contributed by atoms with E-state index >= 15 is 0 Å². The molecule has 0 radical (unpaired) electrons. The van der Waals surface area contributed by atoms with Crippen molar-refractivity contribution in [2.75, 3.05) is 18.8 Å². The number of likely N-dealkylation sites (tertiary alicyclic amines) is 1. The molecule has 1 aromatic heterocycles. The van der Waals surface area contributed by atoms with Crippen molar-refractivity contribution in [3.05, 3.63) is 59.4 Å². The molecule has 1 saturated heterocycles. The summed E-state index contributed by atoms with van der Waals surface area (Å²) >= 11 is 0. The predicted octanol–water partition coefficient (Wildman–Crippen LogP) is 3.87. The normalized spacial score (nSPS) is 22.2. The molecule has 2 aromatic rings. The molecule has 1 aliphatic carbocycles. The Bertz CT molecular complexity index is 982. The van der Waals surface area contributed by atoms with Crippen LogP contribution < -0.4 is 11.1 Å². The SMILES string of the molecule is C=C(NC(=O)c1cnn(C2CCCC2)c1N)[C@@H]1CN(Cc2cccc(F)c2F)C[C@H]1C. The first-order chi connectivity index (χ1) is 14.8. The lowest BCUT2D eigenvalue weighted by molar-refractivity contribution is 0.0961. The van der Waals surface area contributed by atoms with Crippen molar-refractivity contribution in [2.45, 2.75) is 45.2 Å². The number of halogens is 2. The number of carbonyl (C=O) groups is 1. The van der Waals surface area contributed by atoms with Gasteiger partial charge in [0, 0.05) is 36.8 Å². The van der Waals surface area contributed by atoms with Crippen molar-refractivity contribution in [3.8, 4) is 0 Å². The van der Waals surface area contributed by atoms with E-state index < -0.39 is 11.6 Å². The molecule has 8 heteroatoms. The molecule has 2 fully saturated rings. The molecule has 4 rings (SSSR count). The Morgan fingerprint density at radius 1 is 1.29 bits per heavy atom. The predicted molar refractivity (Wildman–Crippen MR) is 115 cm³/mol. The van der Waals surface area contributed by atoms with E-state index in [1.807, 2.05) is 0 Å². The van der Waals surface area contributed by atoms with E-state index in [2.05, 4.69) is 28.8 Å². The number of aromatic nitrogens is 2. The van der Waals surface area contributed by atoms with E-state index in [1.165, 1.54) is 12.3 Å². The van der Waals surface area contributed by atoms with Gasteiger partial charge in [0.15, 0.2) is 11.6 Å². The number of benzene rings is 1. The van der Waals surface area contributed by atoms with Crippen LogP contribution in [0.2, 0.25) is 0 Å². The van der Waals surface area contributed by atoms with Crippen LogP contribution in [0.1, 0.15) is 54.6 Å². The van der Waals surface area contributed by atoms with Gasteiger partial charge in [0.1, 0.15) is 11.4 Å². The van der Waals surface area contributed by atoms with Gasteiger partial charge in [0.05, 0.1) is 12.2 Å². The summed E-state index contributed by atoms with van der Waals surface area (Å²) in [6, 6.07) is 4.49. The molecule has 2 heterocycles. The number of hydrogen-bond acceptors (Lipinski definition) is 4. The minimum atomic E-state index is -0.839. The number of nitrogens with zero attached hydrogens (tertiary/aromatic N) is 3. The fraction of sp³-hybridized carbons (Fsp3) is 0.478. The number of nitrogens with one attached hydrogen (secondary N) is 1. The molecule has 1 aromatic carbocycles. The second kappa shape index (κ2) is 8.78. The van der Waals surface area contributed by atoms with E-state index in [0.29, 0.717) is 42.3 Å². The Morgan fingerprint density at radius 2 is 2.03 bits per heavy atom. The molecule has 3 N–H and O–H groups in total. The molecular formula is C23H29F2N5O. The summed E-state index contributed by atoms with van der Waals surface area (Å²) in [7, 11) is 0. The van der Waals surface area contributed by atoms with E-state index in [4.69, 9.17) is 5.73 Å². The molecule has 2 atom stereocenters. The lowest BCUT2D eigenvalue weighted by atomic mass is 9.95. The van der Waals surface area contributed by atoms with Gasteiger partial charge in [-0.05, 0) is 24.8 Å². The first-order valence-electron chi connectivity index (χ1n) is 10.8. The second-order valence-electron chi connectivity index (χ2n) is 8.80. The smallest absolute Gasteiger partial charge is 0.260 e. The molecule has 6 nitrogen and oxygen atoms in total. The molecule has 1 saturated carbocycles. The van der Waals surface area contributed by atoms with Crippen molar-refractivity contribution in [1.82, 2.24) is 20.0 Å². The summed E-state index contributed by atoms with van der Waals surface area (Å²) in [5.41, 5.74) is 7.50. The average molecular weight is 430 g/mol. The molecule has 2 aliphatic rings. The number of anilines is 1. The minimum Gasteiger partial charge on any atom is -0.383 e. The summed E-state index contributed by atoms with van der Waals surface area (Å²) in [5.74, 6) is -1.35. The summed E-state index contributed by atoms with van der Waals surface area (Å²) in [6.45, 7) is 7.77. The van der Waals surface area contributed by atoms with Crippen molar-refractivity contribution in [2.24, 2.45) is 11.8 Å². The standard InChI is InChI=1S/C23H29F2N5O/c1-14-11-29(12-16-6-5-9-20(24)21(16)25)13-19(14)15(2)28-23(31)18-10-27-30(22(18)26)17-7-3-4-8-17/h5-6,9-10,14,17,19H,2-4,7-8,11-13,26H2,1H3,(H,28,31)/t14-,19-/m1/s1. The van der Waals surface area contributed by atoms with Crippen LogP contribution in [-0.2, 0) is 6.54 Å². The summed E-state index contributed by atoms with van der Waals surface area (Å²) in [5, 5.41) is 7.23. The molecule has 1 aliphatic heterocycles. The van der Waals surface area contributed by atoms with Gasteiger partial charge in [-0.3, -0.25) is 9.69 Å². The number of rotatable bonds is 6. The molecule has 1 amide bonds. The zero-order valence-corrected chi connectivity index (χ0v) is 17.8. The van der Waals surface area contributed by atoms with Crippen LogP contribution in [0.15, 0.2) is 36.7 Å². The van der Waals surface area contributed by atoms with Crippen LogP contribution in [0, 0.1) is 23.5 Å². The molecule has 166 valence electrons. The Morgan fingerprint density at radius 3 is 2.77 bits per heavy atom. The maximum absolute atomic E-state index is 14.0. The minimum absolute atomic E-state index is 0.00618. The van der Waals surface area contributed by atoms with Crippen LogP contribution in [0.3, 0.4) is 0 Å². The van der Waals surface area contributed by atoms with Gasteiger partial charge in [-0.25, -0.2) is 13.5 Å². The Hall–Kier alpha value is -2.74. The molecule has 0 bridgehead atoms. The third-order valence-corrected chi connectivity index (χ3v) is 6.58. The maximum Gasteiger partial charge on any atom is 0.260 e. The van der Waals surface area contributed by atoms with Crippen molar-refractivity contribution in [1.29, 1.82) is 0 Å². The topological polar surface area (TPSA) is 76.2 Å². The van der Waals surface area contributed by atoms with Gasteiger partial charge in [-0.15, -0.1) is 0 Å². The number of nitrogen functional groups attached to an aromatic ring is 1. The Labute approximate surface area is 181 Å².